The van der Waals surface area contributed by atoms with E-state index in [4.69, 9.17) is 5.73 Å². The fraction of sp³-hybridized carbons (Fsp3) is 0.333. The molecule has 0 aromatic carbocycles. The monoisotopic (exact) mass is 126 g/mol. The van der Waals surface area contributed by atoms with Crippen LogP contribution in [0.3, 0.4) is 0 Å². The Bertz CT molecular complexity index is 158. The fourth-order valence-corrected chi connectivity index (χ4v) is 0.390. The van der Waals surface area contributed by atoms with E-state index in [0.29, 0.717) is 0 Å². The van der Waals surface area contributed by atoms with Gasteiger partial charge in [-0.25, -0.2) is 0 Å². The molecule has 0 bridgehead atoms. The van der Waals surface area contributed by atoms with Gasteiger partial charge in [-0.3, -0.25) is 4.79 Å². The number of aliphatic imine (C=N–C) groups is 1. The van der Waals surface area contributed by atoms with Gasteiger partial charge < -0.3 is 5.73 Å². The van der Waals surface area contributed by atoms with Crippen LogP contribution in [-0.4, -0.2) is 11.7 Å². The molecule has 0 unspecified atom stereocenters. The molecule has 0 aliphatic heterocycles. The molecule has 0 rings (SSSR count). The van der Waals surface area contributed by atoms with Crippen LogP contribution in [-0.2, 0) is 4.79 Å². The second kappa shape index (κ2) is 3.83. The van der Waals surface area contributed by atoms with Gasteiger partial charge in [0.05, 0.1) is 0 Å². The molecule has 9 heavy (non-hydrogen) atoms. The van der Waals surface area contributed by atoms with Crippen molar-refractivity contribution in [3.63, 3.8) is 0 Å². The molecule has 0 aromatic rings. The van der Waals surface area contributed by atoms with E-state index in [1.807, 2.05) is 6.92 Å². The zero-order valence-electron chi connectivity index (χ0n) is 5.59. The number of hydrogen-bond acceptors (Lipinski definition) is 1. The Balaban J connectivity index is 4.00. The summed E-state index contributed by atoms with van der Waals surface area (Å²) in [6.45, 7) is 3.17. The normalized spacial score (nSPS) is 12.4. The Labute approximate surface area is 54.3 Å². The van der Waals surface area contributed by atoms with Gasteiger partial charge in [0.1, 0.15) is 5.84 Å². The lowest BCUT2D eigenvalue weighted by atomic mass is 10.5. The third-order valence-corrected chi connectivity index (χ3v) is 0.624. The van der Waals surface area contributed by atoms with Crippen LogP contribution in [0.4, 0.5) is 0 Å². The van der Waals surface area contributed by atoms with Gasteiger partial charge in [0.15, 0.2) is 0 Å². The van der Waals surface area contributed by atoms with Crippen molar-refractivity contribution in [3.8, 4) is 0 Å². The minimum Gasteiger partial charge on any atom is -0.384 e. The maximum atomic E-state index is 10.2. The molecular formula is C6H10N2O. The average molecular weight is 126 g/mol. The highest BCUT2D eigenvalue weighted by Crippen LogP contribution is 1.75. The van der Waals surface area contributed by atoms with Gasteiger partial charge in [-0.15, -0.1) is 0 Å². The standard InChI is InChI=1S/C6H10N2O/c1-3-4-6(7)8-5(2)9/h3-4H,1-2H3,(H2,7,8,9). The lowest BCUT2D eigenvalue weighted by Crippen LogP contribution is -2.09. The summed E-state index contributed by atoms with van der Waals surface area (Å²) in [6, 6.07) is 0. The first-order valence-electron chi connectivity index (χ1n) is 2.64. The fourth-order valence-electron chi connectivity index (χ4n) is 0.390. The molecule has 3 nitrogen and oxygen atoms in total. The third kappa shape index (κ3) is 4.74. The number of nitrogens with zero attached hydrogens (tertiary/aromatic N) is 1. The summed E-state index contributed by atoms with van der Waals surface area (Å²) in [5, 5.41) is 0. The van der Waals surface area contributed by atoms with Crippen molar-refractivity contribution in [2.24, 2.45) is 10.7 Å². The Kier molecular flexibility index (Phi) is 3.35. The van der Waals surface area contributed by atoms with E-state index < -0.39 is 0 Å². The van der Waals surface area contributed by atoms with Crippen molar-refractivity contribution in [1.29, 1.82) is 0 Å². The molecule has 1 amide bonds. The molecule has 50 valence electrons. The molecule has 0 atom stereocenters. The summed E-state index contributed by atoms with van der Waals surface area (Å²) >= 11 is 0. The van der Waals surface area contributed by atoms with Crippen molar-refractivity contribution in [2.45, 2.75) is 13.8 Å². The zero-order valence-corrected chi connectivity index (χ0v) is 5.59. The molecule has 0 fully saturated rings. The van der Waals surface area contributed by atoms with E-state index in [-0.39, 0.29) is 11.7 Å². The Hall–Kier alpha value is -1.12. The van der Waals surface area contributed by atoms with Gasteiger partial charge in [0, 0.05) is 6.92 Å². The first kappa shape index (κ1) is 7.88. The molecule has 0 heterocycles. The van der Waals surface area contributed by atoms with E-state index >= 15 is 0 Å². The predicted molar refractivity (Wildman–Crippen MR) is 37.1 cm³/mol. The van der Waals surface area contributed by atoms with Gasteiger partial charge in [0.25, 0.3) is 0 Å². The van der Waals surface area contributed by atoms with Crippen molar-refractivity contribution >= 4 is 11.7 Å². The Morgan fingerprint density at radius 1 is 1.67 bits per heavy atom. The Morgan fingerprint density at radius 2 is 2.22 bits per heavy atom. The van der Waals surface area contributed by atoms with Crippen molar-refractivity contribution < 1.29 is 4.79 Å². The quantitative estimate of drug-likeness (QED) is 0.410. The molecular weight excluding hydrogens is 116 g/mol. The number of allylic oxidation sites excluding steroid dienone is 1. The largest absolute Gasteiger partial charge is 0.384 e. The molecule has 0 saturated heterocycles. The summed E-state index contributed by atoms with van der Waals surface area (Å²) in [4.78, 5) is 13.7. The van der Waals surface area contributed by atoms with Gasteiger partial charge >= 0.3 is 0 Å². The van der Waals surface area contributed by atoms with Crippen LogP contribution in [0.5, 0.6) is 0 Å². The van der Waals surface area contributed by atoms with Crippen molar-refractivity contribution in [1.82, 2.24) is 0 Å². The minimum absolute atomic E-state index is 0.255. The van der Waals surface area contributed by atoms with Crippen LogP contribution in [0.2, 0.25) is 0 Å². The van der Waals surface area contributed by atoms with Crippen LogP contribution in [0.15, 0.2) is 17.1 Å². The van der Waals surface area contributed by atoms with Crippen LogP contribution >= 0.6 is 0 Å². The minimum atomic E-state index is -0.273. The summed E-state index contributed by atoms with van der Waals surface area (Å²) < 4.78 is 0. The topological polar surface area (TPSA) is 55.4 Å². The molecule has 2 N–H and O–H groups in total. The lowest BCUT2D eigenvalue weighted by molar-refractivity contribution is -0.115. The second-order valence-electron chi connectivity index (χ2n) is 1.56. The van der Waals surface area contributed by atoms with E-state index in [0.717, 1.165) is 0 Å². The molecule has 0 spiro atoms. The van der Waals surface area contributed by atoms with E-state index in [1.54, 1.807) is 12.2 Å². The van der Waals surface area contributed by atoms with Gasteiger partial charge in [-0.1, -0.05) is 6.08 Å². The smallest absolute Gasteiger partial charge is 0.244 e. The first-order chi connectivity index (χ1) is 4.16. The van der Waals surface area contributed by atoms with Gasteiger partial charge in [0.2, 0.25) is 5.91 Å². The van der Waals surface area contributed by atoms with E-state index in [2.05, 4.69) is 4.99 Å². The van der Waals surface area contributed by atoms with Crippen LogP contribution in [0.1, 0.15) is 13.8 Å². The number of nitrogens with two attached hydrogens (primary N) is 1. The van der Waals surface area contributed by atoms with Crippen LogP contribution in [0, 0.1) is 0 Å². The summed E-state index contributed by atoms with van der Waals surface area (Å²) in [5.74, 6) is -0.0180. The summed E-state index contributed by atoms with van der Waals surface area (Å²) in [7, 11) is 0. The van der Waals surface area contributed by atoms with Crippen LogP contribution in [0.25, 0.3) is 0 Å². The van der Waals surface area contributed by atoms with Crippen molar-refractivity contribution in [2.75, 3.05) is 0 Å². The molecule has 0 aliphatic carbocycles. The highest BCUT2D eigenvalue weighted by atomic mass is 16.1. The predicted octanol–water partition coefficient (Wildman–Crippen LogP) is 0.466. The number of rotatable bonds is 1. The van der Waals surface area contributed by atoms with Crippen LogP contribution < -0.4 is 5.73 Å². The third-order valence-electron chi connectivity index (χ3n) is 0.624. The molecule has 0 aliphatic rings. The summed E-state index contributed by atoms with van der Waals surface area (Å²) in [5.41, 5.74) is 5.23. The highest BCUT2D eigenvalue weighted by molar-refractivity contribution is 5.99. The van der Waals surface area contributed by atoms with E-state index in [1.165, 1.54) is 6.92 Å². The maximum Gasteiger partial charge on any atom is 0.244 e. The zero-order chi connectivity index (χ0) is 7.28. The highest BCUT2D eigenvalue weighted by Gasteiger charge is 1.85. The molecule has 0 aromatic heterocycles. The summed E-state index contributed by atoms with van der Waals surface area (Å²) in [6.07, 6.45) is 3.29. The molecule has 3 heteroatoms. The van der Waals surface area contributed by atoms with Gasteiger partial charge in [-0.2, -0.15) is 4.99 Å². The molecule has 0 saturated carbocycles. The SMILES string of the molecule is CC=CC(N)=NC(C)=O. The Morgan fingerprint density at radius 3 is 2.56 bits per heavy atom. The number of amidine groups is 1. The second-order valence-corrected chi connectivity index (χ2v) is 1.56. The van der Waals surface area contributed by atoms with E-state index in [9.17, 15) is 4.79 Å². The average Bonchev–Trinajstić information content (AvgIpc) is 1.63. The molecule has 0 radical (unpaired) electrons. The lowest BCUT2D eigenvalue weighted by Gasteiger charge is -1.85. The number of amides is 1. The number of carbonyl (C=O) groups excluding carboxylic acids is 1. The number of hydrogen-bond donors (Lipinski definition) is 1. The van der Waals surface area contributed by atoms with Gasteiger partial charge in [-0.05, 0) is 13.0 Å². The number of carbonyl (C=O) groups is 1. The maximum absolute atomic E-state index is 10.2. The first-order valence-corrected chi connectivity index (χ1v) is 2.64. The van der Waals surface area contributed by atoms with Crippen molar-refractivity contribution in [3.05, 3.63) is 12.2 Å².